The molecule has 3 aromatic carbocycles. The minimum absolute atomic E-state index is 0.282. The van der Waals surface area contributed by atoms with Crippen molar-refractivity contribution in [2.24, 2.45) is 0 Å². The molecule has 0 unspecified atom stereocenters. The molecule has 5 nitrogen and oxygen atoms in total. The molecule has 0 atom stereocenters. The summed E-state index contributed by atoms with van der Waals surface area (Å²) in [7, 11) is 3.74. The third-order valence-corrected chi connectivity index (χ3v) is 5.48. The van der Waals surface area contributed by atoms with E-state index in [0.29, 0.717) is 6.54 Å². The van der Waals surface area contributed by atoms with Gasteiger partial charge >= 0.3 is 0 Å². The molecule has 1 aromatic heterocycles. The molecule has 0 saturated carbocycles. The van der Waals surface area contributed by atoms with Crippen molar-refractivity contribution >= 4 is 28.0 Å². The van der Waals surface area contributed by atoms with Gasteiger partial charge in [0.25, 0.3) is 0 Å². The Morgan fingerprint density at radius 2 is 1.69 bits per heavy atom. The molecule has 0 amide bonds. The van der Waals surface area contributed by atoms with Gasteiger partial charge in [-0.15, -0.1) is 0 Å². The smallest absolute Gasteiger partial charge is 0.123 e. The lowest BCUT2D eigenvalue weighted by molar-refractivity contribution is 0.627. The second kappa shape index (κ2) is 8.98. The Labute approximate surface area is 187 Å². The molecule has 0 fully saturated rings. The van der Waals surface area contributed by atoms with E-state index < -0.39 is 0 Å². The van der Waals surface area contributed by atoms with Gasteiger partial charge in [-0.25, -0.2) is 9.07 Å². The number of hydrogen-bond acceptors (Lipinski definition) is 4. The first-order valence-electron chi connectivity index (χ1n) is 10.3. The molecule has 6 heteroatoms. The molecule has 0 saturated heterocycles. The number of aromatic nitrogens is 2. The molecule has 0 aliphatic heterocycles. The van der Waals surface area contributed by atoms with E-state index in [9.17, 15) is 4.39 Å². The van der Waals surface area contributed by atoms with Crippen molar-refractivity contribution in [1.82, 2.24) is 20.4 Å². The number of rotatable bonds is 8. The molecule has 162 valence electrons. The van der Waals surface area contributed by atoms with Crippen LogP contribution in [0.1, 0.15) is 16.7 Å². The fourth-order valence-corrected chi connectivity index (χ4v) is 3.58. The van der Waals surface area contributed by atoms with Crippen molar-refractivity contribution in [3.63, 3.8) is 0 Å². The molecule has 0 aliphatic rings. The van der Waals surface area contributed by atoms with Gasteiger partial charge in [-0.05, 0) is 59.7 Å². The predicted molar refractivity (Wildman–Crippen MR) is 131 cm³/mol. The van der Waals surface area contributed by atoms with Crippen LogP contribution < -0.4 is 16.0 Å². The molecular formula is C26H26FN5. The Balaban J connectivity index is 1.71. The van der Waals surface area contributed by atoms with E-state index in [1.807, 2.05) is 38.5 Å². The molecule has 3 N–H and O–H groups in total. The van der Waals surface area contributed by atoms with Crippen molar-refractivity contribution in [3.8, 4) is 5.69 Å². The van der Waals surface area contributed by atoms with Gasteiger partial charge in [-0.1, -0.05) is 25.3 Å². The first kappa shape index (κ1) is 21.2. The van der Waals surface area contributed by atoms with E-state index in [4.69, 9.17) is 0 Å². The second-order valence-electron chi connectivity index (χ2n) is 7.50. The van der Waals surface area contributed by atoms with Gasteiger partial charge in [0, 0.05) is 48.7 Å². The minimum atomic E-state index is -0.282. The summed E-state index contributed by atoms with van der Waals surface area (Å²) in [5, 5.41) is 15.2. The maximum absolute atomic E-state index is 13.4. The van der Waals surface area contributed by atoms with Crippen LogP contribution in [-0.2, 0) is 6.54 Å². The highest BCUT2D eigenvalue weighted by Gasteiger charge is 2.14. The van der Waals surface area contributed by atoms with E-state index in [2.05, 4.69) is 52.4 Å². The van der Waals surface area contributed by atoms with Crippen molar-refractivity contribution in [2.45, 2.75) is 6.54 Å². The second-order valence-corrected chi connectivity index (χ2v) is 7.50. The molecule has 4 rings (SSSR count). The summed E-state index contributed by atoms with van der Waals surface area (Å²) in [6.45, 7) is 9.04. The number of anilines is 1. The third-order valence-electron chi connectivity index (χ3n) is 5.48. The zero-order valence-electron chi connectivity index (χ0n) is 18.2. The summed E-state index contributed by atoms with van der Waals surface area (Å²) >= 11 is 0. The normalized spacial score (nSPS) is 10.7. The van der Waals surface area contributed by atoms with Crippen LogP contribution in [0, 0.1) is 5.82 Å². The van der Waals surface area contributed by atoms with Crippen LogP contribution in [0.2, 0.25) is 0 Å². The van der Waals surface area contributed by atoms with Crippen LogP contribution >= 0.6 is 0 Å². The number of nitrogens with zero attached hydrogens (tertiary/aromatic N) is 2. The van der Waals surface area contributed by atoms with Gasteiger partial charge in [0.15, 0.2) is 0 Å². The molecule has 1 heterocycles. The van der Waals surface area contributed by atoms with E-state index in [0.717, 1.165) is 50.4 Å². The molecule has 0 bridgehead atoms. The highest BCUT2D eigenvalue weighted by atomic mass is 19.1. The predicted octanol–water partition coefficient (Wildman–Crippen LogP) is 5.16. The Hall–Kier alpha value is -4.06. The van der Waals surface area contributed by atoms with Crippen LogP contribution in [0.5, 0.6) is 0 Å². The van der Waals surface area contributed by atoms with E-state index >= 15 is 0 Å². The van der Waals surface area contributed by atoms with Crippen LogP contribution in [0.3, 0.4) is 0 Å². The lowest BCUT2D eigenvalue weighted by Gasteiger charge is -2.15. The topological polar surface area (TPSA) is 53.9 Å². The first-order chi connectivity index (χ1) is 15.5. The number of halogens is 1. The summed E-state index contributed by atoms with van der Waals surface area (Å²) in [5.74, 6) is -0.282. The fraction of sp³-hybridized carbons (Fsp3) is 0.115. The Morgan fingerprint density at radius 3 is 2.34 bits per heavy atom. The van der Waals surface area contributed by atoms with Crippen LogP contribution in [0.15, 0.2) is 80.0 Å². The lowest BCUT2D eigenvalue weighted by Crippen LogP contribution is -2.12. The SMILES string of the molecule is C=C(NC)c1cc(C(=C)NCc2ccc(NC)cc2)c2cnn(-c3ccc(F)cc3)c2c1. The summed E-state index contributed by atoms with van der Waals surface area (Å²) < 4.78 is 15.2. The van der Waals surface area contributed by atoms with Crippen molar-refractivity contribution < 1.29 is 4.39 Å². The first-order valence-corrected chi connectivity index (χ1v) is 10.3. The van der Waals surface area contributed by atoms with Crippen LogP contribution in [0.4, 0.5) is 10.1 Å². The average Bonchev–Trinajstić information content (AvgIpc) is 3.26. The molecule has 32 heavy (non-hydrogen) atoms. The average molecular weight is 428 g/mol. The molecule has 0 radical (unpaired) electrons. The monoisotopic (exact) mass is 427 g/mol. The zero-order valence-corrected chi connectivity index (χ0v) is 18.2. The van der Waals surface area contributed by atoms with E-state index in [1.165, 1.54) is 12.1 Å². The van der Waals surface area contributed by atoms with Crippen LogP contribution in [-0.4, -0.2) is 23.9 Å². The molecule has 0 spiro atoms. The van der Waals surface area contributed by atoms with Gasteiger partial charge < -0.3 is 16.0 Å². The fourth-order valence-electron chi connectivity index (χ4n) is 3.58. The van der Waals surface area contributed by atoms with Crippen molar-refractivity contribution in [2.75, 3.05) is 19.4 Å². The number of hydrogen-bond donors (Lipinski definition) is 3. The summed E-state index contributed by atoms with van der Waals surface area (Å²) in [4.78, 5) is 0. The standard InChI is InChI=1S/C26H26FN5/c1-17(28-3)20-13-24(18(2)30-15-19-5-9-22(29-4)10-6-19)25-16-31-32(26(25)14-20)23-11-7-21(27)8-12-23/h5-14,16,28-30H,1-2,15H2,3-4H3. The minimum Gasteiger partial charge on any atom is -0.388 e. The zero-order chi connectivity index (χ0) is 22.7. The Bertz CT molecular complexity index is 1270. The Kier molecular flexibility index (Phi) is 5.94. The van der Waals surface area contributed by atoms with E-state index in [-0.39, 0.29) is 5.82 Å². The maximum Gasteiger partial charge on any atom is 0.123 e. The van der Waals surface area contributed by atoms with Gasteiger partial charge in [0.1, 0.15) is 5.82 Å². The molecular weight excluding hydrogens is 401 g/mol. The van der Waals surface area contributed by atoms with Gasteiger partial charge in [-0.2, -0.15) is 5.10 Å². The highest BCUT2D eigenvalue weighted by Crippen LogP contribution is 2.29. The summed E-state index contributed by atoms with van der Waals surface area (Å²) in [6, 6.07) is 18.6. The summed E-state index contributed by atoms with van der Waals surface area (Å²) in [5.41, 5.74) is 7.34. The van der Waals surface area contributed by atoms with Crippen molar-refractivity contribution in [3.05, 3.63) is 103 Å². The lowest BCUT2D eigenvalue weighted by atomic mass is 10.0. The van der Waals surface area contributed by atoms with Crippen molar-refractivity contribution in [1.29, 1.82) is 0 Å². The molecule has 4 aromatic rings. The van der Waals surface area contributed by atoms with Gasteiger partial charge in [-0.3, -0.25) is 0 Å². The van der Waals surface area contributed by atoms with E-state index in [1.54, 1.807) is 16.8 Å². The largest absolute Gasteiger partial charge is 0.388 e. The molecule has 0 aliphatic carbocycles. The number of fused-ring (bicyclic) bond motifs is 1. The highest BCUT2D eigenvalue weighted by molar-refractivity contribution is 5.94. The summed E-state index contributed by atoms with van der Waals surface area (Å²) in [6.07, 6.45) is 1.81. The maximum atomic E-state index is 13.4. The quantitative estimate of drug-likeness (QED) is 0.364. The third kappa shape index (κ3) is 4.21. The van der Waals surface area contributed by atoms with Crippen LogP contribution in [0.25, 0.3) is 28.0 Å². The Morgan fingerprint density at radius 1 is 0.969 bits per heavy atom. The van der Waals surface area contributed by atoms with Gasteiger partial charge in [0.05, 0.1) is 17.4 Å². The number of benzene rings is 3. The number of nitrogens with one attached hydrogen (secondary N) is 3. The van der Waals surface area contributed by atoms with Gasteiger partial charge in [0.2, 0.25) is 0 Å².